The summed E-state index contributed by atoms with van der Waals surface area (Å²) in [6.07, 6.45) is 0.550. The zero-order chi connectivity index (χ0) is 13.8. The van der Waals surface area contributed by atoms with Gasteiger partial charge in [-0.2, -0.15) is 0 Å². The zero-order valence-corrected chi connectivity index (χ0v) is 11.6. The van der Waals surface area contributed by atoms with Crippen LogP contribution in [-0.2, 0) is 11.2 Å². The van der Waals surface area contributed by atoms with E-state index < -0.39 is 0 Å². The molecule has 2 aromatic rings. The van der Waals surface area contributed by atoms with E-state index in [1.54, 1.807) is 7.11 Å². The van der Waals surface area contributed by atoms with Gasteiger partial charge in [0.05, 0.1) is 0 Å². The molecular formula is C15H19N3O. The number of nitrogen functional groups attached to an aromatic ring is 1. The van der Waals surface area contributed by atoms with E-state index in [4.69, 9.17) is 10.5 Å². The van der Waals surface area contributed by atoms with Crippen LogP contribution in [0.5, 0.6) is 0 Å². The molecule has 1 aromatic heterocycles. The molecule has 1 aromatic carbocycles. The standard InChI is InChI=1S/C15H19N3O/c1-4-12-10(2)17-15(18-14(12)16)13(19-3)11-8-6-5-7-9-11/h5-9,13H,4H2,1-3H3,(H2,16,17,18). The number of methoxy groups -OCH3 is 1. The third-order valence-corrected chi connectivity index (χ3v) is 3.19. The summed E-state index contributed by atoms with van der Waals surface area (Å²) in [6.45, 7) is 4.00. The molecule has 0 amide bonds. The summed E-state index contributed by atoms with van der Waals surface area (Å²) < 4.78 is 5.53. The number of rotatable bonds is 4. The molecule has 1 unspecified atom stereocenters. The predicted molar refractivity (Wildman–Crippen MR) is 75.9 cm³/mol. The monoisotopic (exact) mass is 257 g/mol. The van der Waals surface area contributed by atoms with Crippen LogP contribution in [0.3, 0.4) is 0 Å². The van der Waals surface area contributed by atoms with E-state index >= 15 is 0 Å². The van der Waals surface area contributed by atoms with Crippen molar-refractivity contribution in [2.45, 2.75) is 26.4 Å². The van der Waals surface area contributed by atoms with Crippen LogP contribution < -0.4 is 5.73 Å². The Labute approximate surface area is 113 Å². The normalized spacial score (nSPS) is 12.4. The summed E-state index contributed by atoms with van der Waals surface area (Å²) in [7, 11) is 1.65. The van der Waals surface area contributed by atoms with Crippen molar-refractivity contribution in [2.24, 2.45) is 0 Å². The first-order valence-electron chi connectivity index (χ1n) is 6.38. The Morgan fingerprint density at radius 1 is 1.21 bits per heavy atom. The fourth-order valence-corrected chi connectivity index (χ4v) is 2.21. The van der Waals surface area contributed by atoms with Crippen LogP contribution in [0.4, 0.5) is 5.82 Å². The Morgan fingerprint density at radius 2 is 1.89 bits per heavy atom. The van der Waals surface area contributed by atoms with E-state index in [0.717, 1.165) is 23.2 Å². The highest BCUT2D eigenvalue weighted by molar-refractivity contribution is 5.42. The van der Waals surface area contributed by atoms with Crippen LogP contribution in [0.15, 0.2) is 30.3 Å². The van der Waals surface area contributed by atoms with E-state index in [1.807, 2.05) is 44.2 Å². The first-order valence-corrected chi connectivity index (χ1v) is 6.38. The SMILES string of the molecule is CCc1c(C)nc(C(OC)c2ccccc2)nc1N. The maximum Gasteiger partial charge on any atom is 0.164 e. The number of hydrogen-bond acceptors (Lipinski definition) is 4. The fraction of sp³-hybridized carbons (Fsp3) is 0.333. The van der Waals surface area contributed by atoms with Gasteiger partial charge in [0.15, 0.2) is 5.82 Å². The summed E-state index contributed by atoms with van der Waals surface area (Å²) in [5, 5.41) is 0. The van der Waals surface area contributed by atoms with Gasteiger partial charge in [0, 0.05) is 18.4 Å². The van der Waals surface area contributed by atoms with Gasteiger partial charge in [0.2, 0.25) is 0 Å². The van der Waals surface area contributed by atoms with E-state index in [1.165, 1.54) is 0 Å². The largest absolute Gasteiger partial charge is 0.383 e. The van der Waals surface area contributed by atoms with Crippen molar-refractivity contribution in [3.05, 3.63) is 53.0 Å². The molecule has 0 aliphatic rings. The average Bonchev–Trinajstić information content (AvgIpc) is 2.40. The molecule has 4 nitrogen and oxygen atoms in total. The highest BCUT2D eigenvalue weighted by Crippen LogP contribution is 2.24. The molecule has 0 fully saturated rings. The Balaban J connectivity index is 2.45. The van der Waals surface area contributed by atoms with E-state index in [9.17, 15) is 0 Å². The number of aromatic nitrogens is 2. The van der Waals surface area contributed by atoms with Crippen LogP contribution in [0.1, 0.15) is 35.7 Å². The first kappa shape index (κ1) is 13.5. The minimum absolute atomic E-state index is 0.284. The van der Waals surface area contributed by atoms with Crippen LogP contribution in [-0.4, -0.2) is 17.1 Å². The van der Waals surface area contributed by atoms with E-state index in [0.29, 0.717) is 11.6 Å². The maximum absolute atomic E-state index is 6.00. The van der Waals surface area contributed by atoms with Gasteiger partial charge in [0.25, 0.3) is 0 Å². The molecular weight excluding hydrogens is 238 g/mol. The lowest BCUT2D eigenvalue weighted by molar-refractivity contribution is 0.129. The Hall–Kier alpha value is -1.94. The molecule has 19 heavy (non-hydrogen) atoms. The quantitative estimate of drug-likeness (QED) is 0.914. The number of ether oxygens (including phenoxy) is 1. The number of aryl methyl sites for hydroxylation is 1. The van der Waals surface area contributed by atoms with E-state index in [-0.39, 0.29) is 6.10 Å². The van der Waals surface area contributed by atoms with Crippen molar-refractivity contribution >= 4 is 5.82 Å². The smallest absolute Gasteiger partial charge is 0.164 e. The molecule has 0 saturated carbocycles. The lowest BCUT2D eigenvalue weighted by Gasteiger charge is -2.16. The molecule has 0 saturated heterocycles. The van der Waals surface area contributed by atoms with Crippen LogP contribution in [0.2, 0.25) is 0 Å². The fourth-order valence-electron chi connectivity index (χ4n) is 2.21. The minimum atomic E-state index is -0.284. The molecule has 0 aliphatic carbocycles. The third kappa shape index (κ3) is 2.74. The molecule has 100 valence electrons. The molecule has 4 heteroatoms. The summed E-state index contributed by atoms with van der Waals surface area (Å²) >= 11 is 0. The van der Waals surface area contributed by atoms with Crippen molar-refractivity contribution in [1.82, 2.24) is 9.97 Å². The van der Waals surface area contributed by atoms with Crippen molar-refractivity contribution in [2.75, 3.05) is 12.8 Å². The van der Waals surface area contributed by atoms with Gasteiger partial charge in [-0.15, -0.1) is 0 Å². The summed E-state index contributed by atoms with van der Waals surface area (Å²) in [6, 6.07) is 9.90. The lowest BCUT2D eigenvalue weighted by Crippen LogP contribution is -2.13. The van der Waals surface area contributed by atoms with Crippen molar-refractivity contribution in [3.63, 3.8) is 0 Å². The Bertz CT molecular complexity index is 532. The number of anilines is 1. The second kappa shape index (κ2) is 5.80. The second-order valence-electron chi connectivity index (χ2n) is 4.41. The molecule has 0 spiro atoms. The molecule has 0 radical (unpaired) electrons. The summed E-state index contributed by atoms with van der Waals surface area (Å²) in [5.74, 6) is 1.16. The van der Waals surface area contributed by atoms with Gasteiger partial charge in [-0.05, 0) is 18.9 Å². The van der Waals surface area contributed by atoms with Crippen molar-refractivity contribution in [3.8, 4) is 0 Å². The lowest BCUT2D eigenvalue weighted by atomic mass is 10.1. The zero-order valence-electron chi connectivity index (χ0n) is 11.6. The topological polar surface area (TPSA) is 61.0 Å². The second-order valence-corrected chi connectivity index (χ2v) is 4.41. The number of nitrogens with zero attached hydrogens (tertiary/aromatic N) is 2. The van der Waals surface area contributed by atoms with Gasteiger partial charge >= 0.3 is 0 Å². The molecule has 0 bridgehead atoms. The molecule has 1 heterocycles. The predicted octanol–water partition coefficient (Wildman–Crippen LogP) is 2.67. The van der Waals surface area contributed by atoms with Crippen molar-refractivity contribution < 1.29 is 4.74 Å². The highest BCUT2D eigenvalue weighted by atomic mass is 16.5. The van der Waals surface area contributed by atoms with Crippen molar-refractivity contribution in [1.29, 1.82) is 0 Å². The Kier molecular flexibility index (Phi) is 4.12. The average molecular weight is 257 g/mol. The molecule has 0 aliphatic heterocycles. The highest BCUT2D eigenvalue weighted by Gasteiger charge is 2.18. The number of benzene rings is 1. The molecule has 2 rings (SSSR count). The van der Waals surface area contributed by atoms with Gasteiger partial charge in [-0.3, -0.25) is 0 Å². The molecule has 1 atom stereocenters. The summed E-state index contributed by atoms with van der Waals surface area (Å²) in [5.41, 5.74) is 8.94. The van der Waals surface area contributed by atoms with Gasteiger partial charge in [-0.1, -0.05) is 37.3 Å². The number of nitrogens with two attached hydrogens (primary N) is 1. The van der Waals surface area contributed by atoms with Gasteiger partial charge in [0.1, 0.15) is 11.9 Å². The van der Waals surface area contributed by atoms with Crippen LogP contribution in [0.25, 0.3) is 0 Å². The van der Waals surface area contributed by atoms with Gasteiger partial charge in [-0.25, -0.2) is 9.97 Å². The van der Waals surface area contributed by atoms with Gasteiger partial charge < -0.3 is 10.5 Å². The maximum atomic E-state index is 6.00. The third-order valence-electron chi connectivity index (χ3n) is 3.19. The number of hydrogen-bond donors (Lipinski definition) is 1. The van der Waals surface area contributed by atoms with E-state index in [2.05, 4.69) is 9.97 Å². The van der Waals surface area contributed by atoms with Crippen LogP contribution >= 0.6 is 0 Å². The van der Waals surface area contributed by atoms with Crippen LogP contribution in [0, 0.1) is 6.92 Å². The first-order chi connectivity index (χ1) is 9.17. The Morgan fingerprint density at radius 3 is 2.42 bits per heavy atom. The minimum Gasteiger partial charge on any atom is -0.383 e. The summed E-state index contributed by atoms with van der Waals surface area (Å²) in [4.78, 5) is 8.93. The molecule has 2 N–H and O–H groups in total.